The second kappa shape index (κ2) is 3.23. The van der Waals surface area contributed by atoms with Gasteiger partial charge in [0.2, 0.25) is 0 Å². The Morgan fingerprint density at radius 1 is 0.933 bits per heavy atom. The first-order chi connectivity index (χ1) is 7.38. The Bertz CT molecular complexity index is 474. The van der Waals surface area contributed by atoms with Crippen LogP contribution in [0.1, 0.15) is 13.3 Å². The zero-order valence-electron chi connectivity index (χ0n) is 8.90. The molecule has 0 N–H and O–H groups in total. The lowest BCUT2D eigenvalue weighted by Crippen LogP contribution is -2.15. The zero-order chi connectivity index (χ0) is 10.3. The number of hydrogen-bond acceptors (Lipinski definition) is 0. The van der Waals surface area contributed by atoms with Crippen molar-refractivity contribution in [2.24, 2.45) is 5.92 Å². The summed E-state index contributed by atoms with van der Waals surface area (Å²) < 4.78 is 0. The van der Waals surface area contributed by atoms with Crippen LogP contribution in [0.25, 0.3) is 0 Å². The second-order valence-corrected chi connectivity index (χ2v) is 4.20. The molecule has 0 nitrogen and oxygen atoms in total. The molecule has 1 unspecified atom stereocenters. The zero-order valence-corrected chi connectivity index (χ0v) is 8.90. The molecule has 0 amide bonds. The van der Waals surface area contributed by atoms with E-state index in [4.69, 9.17) is 0 Å². The third-order valence-corrected chi connectivity index (χ3v) is 3.27. The van der Waals surface area contributed by atoms with Gasteiger partial charge in [0, 0.05) is 5.92 Å². The fraction of sp³-hybridized carbons (Fsp3) is 0.200. The Kier molecular flexibility index (Phi) is 1.88. The lowest BCUT2D eigenvalue weighted by molar-refractivity contribution is 0.863. The number of hydrogen-bond donors (Lipinski definition) is 0. The van der Waals surface area contributed by atoms with Crippen LogP contribution in [-0.2, 0) is 0 Å². The highest BCUT2D eigenvalue weighted by Gasteiger charge is 2.25. The van der Waals surface area contributed by atoms with Gasteiger partial charge in [-0.05, 0) is 28.7 Å². The van der Waals surface area contributed by atoms with Crippen LogP contribution in [0.2, 0.25) is 0 Å². The van der Waals surface area contributed by atoms with Gasteiger partial charge in [0.15, 0.2) is 0 Å². The van der Waals surface area contributed by atoms with E-state index in [1.165, 1.54) is 22.3 Å². The van der Waals surface area contributed by atoms with Gasteiger partial charge >= 0.3 is 0 Å². The molecule has 0 aromatic heterocycles. The summed E-state index contributed by atoms with van der Waals surface area (Å²) in [5, 5.41) is 0. The minimum absolute atomic E-state index is 0.510. The van der Waals surface area contributed by atoms with Gasteiger partial charge < -0.3 is 0 Å². The monoisotopic (exact) mass is 194 g/mol. The van der Waals surface area contributed by atoms with E-state index >= 15 is 0 Å². The average molecular weight is 194 g/mol. The van der Waals surface area contributed by atoms with Crippen LogP contribution >= 0.6 is 0 Å². The molecule has 3 aliphatic rings. The highest BCUT2D eigenvalue weighted by Crippen LogP contribution is 2.40. The predicted octanol–water partition coefficient (Wildman–Crippen LogP) is 3.87. The van der Waals surface area contributed by atoms with E-state index in [2.05, 4.69) is 55.5 Å². The summed E-state index contributed by atoms with van der Waals surface area (Å²) >= 11 is 0. The van der Waals surface area contributed by atoms with E-state index in [-0.39, 0.29) is 0 Å². The molecule has 0 aromatic rings. The third kappa shape index (κ3) is 1.29. The van der Waals surface area contributed by atoms with Crippen molar-refractivity contribution in [2.75, 3.05) is 0 Å². The Balaban J connectivity index is 2.16. The molecule has 0 heterocycles. The van der Waals surface area contributed by atoms with E-state index in [0.717, 1.165) is 6.42 Å². The average Bonchev–Trinajstić information content (AvgIpc) is 2.29. The minimum Gasteiger partial charge on any atom is -0.0617 e. The molecule has 0 spiro atoms. The molecule has 0 saturated carbocycles. The van der Waals surface area contributed by atoms with Gasteiger partial charge in [0.1, 0.15) is 0 Å². The van der Waals surface area contributed by atoms with Gasteiger partial charge in [-0.2, -0.15) is 0 Å². The lowest BCUT2D eigenvalue weighted by atomic mass is 9.74. The Morgan fingerprint density at radius 3 is 2.47 bits per heavy atom. The molecular weight excluding hydrogens is 180 g/mol. The van der Waals surface area contributed by atoms with Crippen LogP contribution in [0.4, 0.5) is 0 Å². The third-order valence-electron chi connectivity index (χ3n) is 3.27. The minimum atomic E-state index is 0.510. The predicted molar refractivity (Wildman–Crippen MR) is 64.4 cm³/mol. The quantitative estimate of drug-likeness (QED) is 0.594. The van der Waals surface area contributed by atoms with Gasteiger partial charge in [0.05, 0.1) is 0 Å². The van der Waals surface area contributed by atoms with Gasteiger partial charge in [-0.1, -0.05) is 55.5 Å². The summed E-state index contributed by atoms with van der Waals surface area (Å²) in [6, 6.07) is 0. The second-order valence-electron chi connectivity index (χ2n) is 4.20. The summed E-state index contributed by atoms with van der Waals surface area (Å²) in [5.41, 5.74) is 5.76. The van der Waals surface area contributed by atoms with Crippen molar-refractivity contribution in [3.05, 3.63) is 70.9 Å². The van der Waals surface area contributed by atoms with Crippen LogP contribution in [-0.4, -0.2) is 0 Å². The molecule has 3 aliphatic carbocycles. The molecule has 0 fully saturated rings. The summed E-state index contributed by atoms with van der Waals surface area (Å²) in [6.07, 6.45) is 19.0. The maximum absolute atomic E-state index is 2.34. The summed E-state index contributed by atoms with van der Waals surface area (Å²) in [4.78, 5) is 0. The molecule has 15 heavy (non-hydrogen) atoms. The summed E-state index contributed by atoms with van der Waals surface area (Å²) in [7, 11) is 0. The van der Waals surface area contributed by atoms with Gasteiger partial charge in [0.25, 0.3) is 0 Å². The van der Waals surface area contributed by atoms with Gasteiger partial charge in [-0.15, -0.1) is 0 Å². The molecule has 0 radical (unpaired) electrons. The fourth-order valence-corrected chi connectivity index (χ4v) is 2.50. The van der Waals surface area contributed by atoms with Crippen LogP contribution < -0.4 is 0 Å². The van der Waals surface area contributed by atoms with E-state index in [9.17, 15) is 0 Å². The number of allylic oxidation sites excluding steroid dienone is 12. The van der Waals surface area contributed by atoms with Gasteiger partial charge in [-0.25, -0.2) is 0 Å². The van der Waals surface area contributed by atoms with Crippen molar-refractivity contribution < 1.29 is 0 Å². The van der Waals surface area contributed by atoms with Crippen molar-refractivity contribution in [1.29, 1.82) is 0 Å². The van der Waals surface area contributed by atoms with E-state index in [0.29, 0.717) is 5.92 Å². The molecule has 74 valence electrons. The van der Waals surface area contributed by atoms with Gasteiger partial charge in [-0.3, -0.25) is 0 Å². The van der Waals surface area contributed by atoms with Crippen molar-refractivity contribution in [1.82, 2.24) is 0 Å². The molecular formula is C15H14. The van der Waals surface area contributed by atoms with Crippen molar-refractivity contribution in [3.8, 4) is 0 Å². The maximum Gasteiger partial charge on any atom is 0.0340 e. The molecule has 1 atom stereocenters. The van der Waals surface area contributed by atoms with Crippen LogP contribution in [0, 0.1) is 5.92 Å². The first-order valence-corrected chi connectivity index (χ1v) is 5.57. The molecule has 0 saturated heterocycles. The van der Waals surface area contributed by atoms with E-state index < -0.39 is 0 Å². The Morgan fingerprint density at radius 2 is 1.67 bits per heavy atom. The standard InChI is InChI=1S/C15H14/c1-2-11-9-13-7-3-5-12-6-4-8-14(10-11)15(12)13/h3-10,15H,2H2,1H3. The van der Waals surface area contributed by atoms with Crippen molar-refractivity contribution in [2.45, 2.75) is 13.3 Å². The van der Waals surface area contributed by atoms with Crippen molar-refractivity contribution >= 4 is 0 Å². The smallest absolute Gasteiger partial charge is 0.0340 e. The molecule has 0 heteroatoms. The van der Waals surface area contributed by atoms with Crippen LogP contribution in [0.5, 0.6) is 0 Å². The topological polar surface area (TPSA) is 0 Å². The SMILES string of the molecule is CCC1=CC2=CC=CC3=CC=CC(=C1)C32. The molecule has 0 aliphatic heterocycles. The number of rotatable bonds is 1. The highest BCUT2D eigenvalue weighted by molar-refractivity contribution is 5.59. The maximum atomic E-state index is 2.34. The first kappa shape index (κ1) is 8.72. The summed E-state index contributed by atoms with van der Waals surface area (Å²) in [6.45, 7) is 2.21. The van der Waals surface area contributed by atoms with E-state index in [1.54, 1.807) is 0 Å². The fourth-order valence-electron chi connectivity index (χ4n) is 2.50. The highest BCUT2D eigenvalue weighted by atomic mass is 14.3. The Hall–Kier alpha value is -1.56. The molecule has 0 bridgehead atoms. The van der Waals surface area contributed by atoms with E-state index in [1.807, 2.05) is 0 Å². The summed E-state index contributed by atoms with van der Waals surface area (Å²) in [5.74, 6) is 0.510. The largest absolute Gasteiger partial charge is 0.0617 e. The van der Waals surface area contributed by atoms with Crippen molar-refractivity contribution in [3.63, 3.8) is 0 Å². The Labute approximate surface area is 90.7 Å². The first-order valence-electron chi connectivity index (χ1n) is 5.57. The van der Waals surface area contributed by atoms with Crippen LogP contribution in [0.15, 0.2) is 70.9 Å². The molecule has 0 aromatic carbocycles. The molecule has 3 rings (SSSR count). The lowest BCUT2D eigenvalue weighted by Gasteiger charge is -2.29. The van der Waals surface area contributed by atoms with Crippen LogP contribution in [0.3, 0.4) is 0 Å². The normalized spacial score (nSPS) is 26.3.